The molecule has 1 aromatic heterocycles. The fraction of sp³-hybridized carbons (Fsp3) is 0.667. The Kier molecular flexibility index (Phi) is 6.50. The zero-order valence-electron chi connectivity index (χ0n) is 14.0. The highest BCUT2D eigenvalue weighted by Crippen LogP contribution is 2.26. The predicted molar refractivity (Wildman–Crippen MR) is 87.2 cm³/mol. The first-order valence-corrected chi connectivity index (χ1v) is 8.52. The van der Waals surface area contributed by atoms with E-state index in [4.69, 9.17) is 9.47 Å². The molecule has 0 unspecified atom stereocenters. The Bertz CT molecular complexity index is 595. The van der Waals surface area contributed by atoms with Crippen LogP contribution in [0.1, 0.15) is 26.8 Å². The lowest BCUT2D eigenvalue weighted by Crippen LogP contribution is -2.43. The number of aryl methyl sites for hydroxylation is 2. The smallest absolute Gasteiger partial charge is 0.407 e. The van der Waals surface area contributed by atoms with Gasteiger partial charge in [-0.1, -0.05) is 0 Å². The van der Waals surface area contributed by atoms with Crippen molar-refractivity contribution in [2.24, 2.45) is 0 Å². The number of amides is 2. The van der Waals surface area contributed by atoms with Gasteiger partial charge in [0.15, 0.2) is 0 Å². The molecule has 0 aliphatic carbocycles. The van der Waals surface area contributed by atoms with Crippen LogP contribution in [0.5, 0.6) is 0 Å². The third-order valence-corrected chi connectivity index (χ3v) is 4.79. The highest BCUT2D eigenvalue weighted by Gasteiger charge is 2.37. The van der Waals surface area contributed by atoms with Crippen molar-refractivity contribution in [3.63, 3.8) is 0 Å². The van der Waals surface area contributed by atoms with Gasteiger partial charge in [0, 0.05) is 20.1 Å². The lowest BCUT2D eigenvalue weighted by Gasteiger charge is -2.24. The minimum Gasteiger partial charge on any atom is -0.447 e. The number of likely N-dealkylation sites (tertiary alicyclic amines) is 1. The number of rotatable bonds is 6. The summed E-state index contributed by atoms with van der Waals surface area (Å²) in [5.41, 5.74) is 0.649. The monoisotopic (exact) mass is 359 g/mol. The minimum atomic E-state index is -1.10. The van der Waals surface area contributed by atoms with E-state index in [2.05, 4.69) is 10.3 Å². The molecule has 134 valence electrons. The minimum absolute atomic E-state index is 0.0281. The second-order valence-corrected chi connectivity index (χ2v) is 6.80. The zero-order chi connectivity index (χ0) is 17.7. The van der Waals surface area contributed by atoms with E-state index in [0.717, 1.165) is 5.01 Å². The maximum Gasteiger partial charge on any atom is 0.407 e. The van der Waals surface area contributed by atoms with Crippen molar-refractivity contribution in [1.82, 2.24) is 15.2 Å². The number of ether oxygens (including phenoxy) is 2. The van der Waals surface area contributed by atoms with E-state index in [0.29, 0.717) is 17.2 Å². The molecule has 1 N–H and O–H groups in total. The number of halogens is 1. The zero-order valence-corrected chi connectivity index (χ0v) is 14.8. The summed E-state index contributed by atoms with van der Waals surface area (Å²) in [6, 6.07) is -0.399. The predicted octanol–water partition coefficient (Wildman–Crippen LogP) is 1.69. The first-order chi connectivity index (χ1) is 11.4. The van der Waals surface area contributed by atoms with Crippen molar-refractivity contribution in [3.8, 4) is 0 Å². The molecule has 1 aliphatic rings. The van der Waals surface area contributed by atoms with E-state index in [1.807, 2.05) is 6.92 Å². The normalized spacial score (nSPS) is 20.2. The molecule has 0 radical (unpaired) electrons. The second-order valence-electron chi connectivity index (χ2n) is 5.60. The van der Waals surface area contributed by atoms with E-state index in [1.165, 1.54) is 23.3 Å². The molecule has 24 heavy (non-hydrogen) atoms. The fourth-order valence-electron chi connectivity index (χ4n) is 2.63. The van der Waals surface area contributed by atoms with Gasteiger partial charge in [0.05, 0.1) is 29.9 Å². The quantitative estimate of drug-likeness (QED) is 0.782. The Morgan fingerprint density at radius 3 is 2.79 bits per heavy atom. The maximum absolute atomic E-state index is 13.8. The van der Waals surface area contributed by atoms with Crippen LogP contribution in [-0.2, 0) is 9.47 Å². The molecule has 0 saturated carbocycles. The average Bonchev–Trinajstić information content (AvgIpc) is 3.06. The summed E-state index contributed by atoms with van der Waals surface area (Å²) < 4.78 is 23.5. The molecule has 2 amide bonds. The Labute approximate surface area is 144 Å². The van der Waals surface area contributed by atoms with Crippen LogP contribution in [0.2, 0.25) is 0 Å². The van der Waals surface area contributed by atoms with Gasteiger partial charge in [-0.3, -0.25) is 4.79 Å². The van der Waals surface area contributed by atoms with Crippen molar-refractivity contribution in [1.29, 1.82) is 0 Å². The van der Waals surface area contributed by atoms with Gasteiger partial charge in [0.2, 0.25) is 0 Å². The fourth-order valence-corrected chi connectivity index (χ4v) is 3.51. The van der Waals surface area contributed by atoms with Crippen molar-refractivity contribution in [2.75, 3.05) is 33.4 Å². The molecular formula is C15H22FN3O4S. The summed E-state index contributed by atoms with van der Waals surface area (Å²) in [6.07, 6.45) is -1.51. The van der Waals surface area contributed by atoms with E-state index >= 15 is 0 Å². The van der Waals surface area contributed by atoms with Crippen LogP contribution in [0.4, 0.5) is 9.18 Å². The number of hydrogen-bond donors (Lipinski definition) is 1. The van der Waals surface area contributed by atoms with Gasteiger partial charge in [0.25, 0.3) is 5.91 Å². The molecule has 0 spiro atoms. The first kappa shape index (κ1) is 18.6. The van der Waals surface area contributed by atoms with Crippen LogP contribution in [-0.4, -0.2) is 67.5 Å². The lowest BCUT2D eigenvalue weighted by molar-refractivity contribution is 0.0721. The number of carbonyl (C=O) groups excluding carboxylic acids is 2. The number of alkyl carbamates (subject to hydrolysis) is 1. The molecular weight excluding hydrogens is 337 g/mol. The first-order valence-electron chi connectivity index (χ1n) is 7.71. The lowest BCUT2D eigenvalue weighted by atomic mass is 10.2. The molecule has 2 heterocycles. The molecule has 1 saturated heterocycles. The molecule has 2 atom stereocenters. The number of nitrogens with zero attached hydrogens (tertiary/aromatic N) is 2. The largest absolute Gasteiger partial charge is 0.447 e. The standard InChI is InChI=1S/C15H22FN3O4S/c1-9-13(24-10(2)18-9)14(20)19-8-11(16)6-12(19)7-17-15(21)23-5-4-22-3/h11-12H,4-8H2,1-3H3,(H,17,21)/t11-,12-/m0/s1. The summed E-state index contributed by atoms with van der Waals surface area (Å²) in [6.45, 7) is 4.21. The average molecular weight is 359 g/mol. The molecule has 1 fully saturated rings. The van der Waals surface area contributed by atoms with E-state index in [1.54, 1.807) is 6.92 Å². The third kappa shape index (κ3) is 4.64. The van der Waals surface area contributed by atoms with Crippen molar-refractivity contribution in [3.05, 3.63) is 15.6 Å². The molecule has 0 aromatic carbocycles. The highest BCUT2D eigenvalue weighted by atomic mass is 32.1. The van der Waals surface area contributed by atoms with Crippen molar-refractivity contribution >= 4 is 23.3 Å². The summed E-state index contributed by atoms with van der Waals surface area (Å²) >= 11 is 1.30. The highest BCUT2D eigenvalue weighted by molar-refractivity contribution is 7.13. The van der Waals surface area contributed by atoms with Crippen LogP contribution >= 0.6 is 11.3 Å². The third-order valence-electron chi connectivity index (χ3n) is 3.72. The van der Waals surface area contributed by atoms with Gasteiger partial charge in [-0.25, -0.2) is 14.2 Å². The van der Waals surface area contributed by atoms with Crippen LogP contribution in [0.3, 0.4) is 0 Å². The van der Waals surface area contributed by atoms with Gasteiger partial charge in [-0.05, 0) is 13.8 Å². The van der Waals surface area contributed by atoms with Crippen molar-refractivity contribution in [2.45, 2.75) is 32.5 Å². The summed E-state index contributed by atoms with van der Waals surface area (Å²) in [4.78, 5) is 30.5. The summed E-state index contributed by atoms with van der Waals surface area (Å²) in [5.74, 6) is -0.238. The molecule has 2 rings (SSSR count). The van der Waals surface area contributed by atoms with Crippen LogP contribution in [0.15, 0.2) is 0 Å². The number of nitrogens with one attached hydrogen (secondary N) is 1. The van der Waals surface area contributed by atoms with Crippen LogP contribution in [0, 0.1) is 13.8 Å². The van der Waals surface area contributed by atoms with Gasteiger partial charge in [0.1, 0.15) is 17.7 Å². The number of hydrogen-bond acceptors (Lipinski definition) is 6. The van der Waals surface area contributed by atoms with Gasteiger partial charge >= 0.3 is 6.09 Å². The summed E-state index contributed by atoms with van der Waals surface area (Å²) in [5, 5.41) is 3.37. The van der Waals surface area contributed by atoms with E-state index in [-0.39, 0.29) is 32.0 Å². The summed E-state index contributed by atoms with van der Waals surface area (Å²) in [7, 11) is 1.51. The second kappa shape index (κ2) is 8.39. The number of alkyl halides is 1. The molecule has 9 heteroatoms. The number of thiazole rings is 1. The molecule has 1 aliphatic heterocycles. The Morgan fingerprint density at radius 1 is 1.42 bits per heavy atom. The van der Waals surface area contributed by atoms with Crippen molar-refractivity contribution < 1.29 is 23.5 Å². The Balaban J connectivity index is 1.95. The molecule has 7 nitrogen and oxygen atoms in total. The molecule has 0 bridgehead atoms. The van der Waals surface area contributed by atoms with Crippen LogP contribution < -0.4 is 5.32 Å². The number of carbonyl (C=O) groups is 2. The van der Waals surface area contributed by atoms with Gasteiger partial charge in [-0.15, -0.1) is 11.3 Å². The van der Waals surface area contributed by atoms with Gasteiger partial charge < -0.3 is 19.7 Å². The Hall–Kier alpha value is -1.74. The molecule has 1 aromatic rings. The topological polar surface area (TPSA) is 80.8 Å². The Morgan fingerprint density at radius 2 is 2.17 bits per heavy atom. The van der Waals surface area contributed by atoms with Crippen LogP contribution in [0.25, 0.3) is 0 Å². The maximum atomic E-state index is 13.8. The number of methoxy groups -OCH3 is 1. The van der Waals surface area contributed by atoms with Gasteiger partial charge in [-0.2, -0.15) is 0 Å². The SMILES string of the molecule is COCCOC(=O)NC[C@@H]1C[C@H](F)CN1C(=O)c1sc(C)nc1C. The number of aromatic nitrogens is 1. The van der Waals surface area contributed by atoms with E-state index < -0.39 is 18.3 Å². The van der Waals surface area contributed by atoms with E-state index in [9.17, 15) is 14.0 Å².